The SMILES string of the molecule is Cc1ccc(CN2[C@@H]3CC[C@H]2CC(=O)NCCOc2ccc(F)cc2C(=O)NC3)o1. The molecule has 4 rings (SSSR count). The van der Waals surface area contributed by atoms with Crippen molar-refractivity contribution in [2.75, 3.05) is 19.7 Å². The summed E-state index contributed by atoms with van der Waals surface area (Å²) in [5.41, 5.74) is 0.154. The van der Waals surface area contributed by atoms with Crippen LogP contribution in [0.2, 0.25) is 0 Å². The zero-order valence-corrected chi connectivity index (χ0v) is 16.9. The molecule has 7 nitrogen and oxygen atoms in total. The van der Waals surface area contributed by atoms with Gasteiger partial charge in [0.1, 0.15) is 29.7 Å². The van der Waals surface area contributed by atoms with Crippen LogP contribution in [0, 0.1) is 12.7 Å². The van der Waals surface area contributed by atoms with Gasteiger partial charge in [0.15, 0.2) is 0 Å². The maximum atomic E-state index is 13.7. The Bertz CT molecular complexity index is 929. The number of benzene rings is 1. The van der Waals surface area contributed by atoms with E-state index in [2.05, 4.69) is 15.5 Å². The number of fused-ring (bicyclic) bond motifs is 3. The van der Waals surface area contributed by atoms with E-state index in [1.165, 1.54) is 18.2 Å². The first-order chi connectivity index (χ1) is 14.5. The number of carbonyl (C=O) groups is 2. The van der Waals surface area contributed by atoms with Crippen LogP contribution >= 0.6 is 0 Å². The van der Waals surface area contributed by atoms with Crippen LogP contribution in [0.4, 0.5) is 4.39 Å². The van der Waals surface area contributed by atoms with Crippen molar-refractivity contribution in [1.29, 1.82) is 0 Å². The van der Waals surface area contributed by atoms with Gasteiger partial charge in [-0.1, -0.05) is 0 Å². The zero-order valence-electron chi connectivity index (χ0n) is 16.9. The molecule has 160 valence electrons. The molecule has 1 aromatic heterocycles. The van der Waals surface area contributed by atoms with Gasteiger partial charge in [0.2, 0.25) is 5.91 Å². The molecule has 0 unspecified atom stereocenters. The van der Waals surface area contributed by atoms with Gasteiger partial charge in [0.05, 0.1) is 18.7 Å². The zero-order chi connectivity index (χ0) is 21.1. The van der Waals surface area contributed by atoms with Gasteiger partial charge < -0.3 is 19.8 Å². The molecular formula is C22H26FN3O4. The number of furan rings is 1. The Morgan fingerprint density at radius 1 is 1.13 bits per heavy atom. The molecule has 2 amide bonds. The predicted octanol–water partition coefficient (Wildman–Crippen LogP) is 2.39. The number of rotatable bonds is 2. The van der Waals surface area contributed by atoms with Gasteiger partial charge in [-0.15, -0.1) is 0 Å². The molecule has 1 saturated heterocycles. The van der Waals surface area contributed by atoms with Crippen LogP contribution in [-0.2, 0) is 11.3 Å². The normalized spacial score (nSPS) is 23.1. The molecular weight excluding hydrogens is 389 g/mol. The Hall–Kier alpha value is -2.87. The van der Waals surface area contributed by atoms with Crippen LogP contribution in [0.25, 0.3) is 0 Å². The summed E-state index contributed by atoms with van der Waals surface area (Å²) in [6, 6.07) is 7.84. The highest BCUT2D eigenvalue weighted by atomic mass is 19.1. The molecule has 2 aliphatic heterocycles. The minimum absolute atomic E-state index is 0.0368. The summed E-state index contributed by atoms with van der Waals surface area (Å²) in [5.74, 6) is 1.06. The average Bonchev–Trinajstić information content (AvgIpc) is 3.30. The van der Waals surface area contributed by atoms with E-state index in [0.29, 0.717) is 31.8 Å². The van der Waals surface area contributed by atoms with E-state index in [1.807, 2.05) is 19.1 Å². The van der Waals surface area contributed by atoms with Crippen LogP contribution in [0.3, 0.4) is 0 Å². The third-order valence-corrected chi connectivity index (χ3v) is 5.69. The molecule has 30 heavy (non-hydrogen) atoms. The minimum Gasteiger partial charge on any atom is -0.491 e. The Balaban J connectivity index is 1.57. The molecule has 3 heterocycles. The Labute approximate surface area is 174 Å². The summed E-state index contributed by atoms with van der Waals surface area (Å²) >= 11 is 0. The highest BCUT2D eigenvalue weighted by Crippen LogP contribution is 2.29. The van der Waals surface area contributed by atoms with Crippen molar-refractivity contribution in [3.8, 4) is 5.75 Å². The van der Waals surface area contributed by atoms with Crippen LogP contribution in [-0.4, -0.2) is 48.5 Å². The Kier molecular flexibility index (Phi) is 6.03. The number of nitrogens with one attached hydrogen (secondary N) is 2. The van der Waals surface area contributed by atoms with E-state index >= 15 is 0 Å². The van der Waals surface area contributed by atoms with Crippen molar-refractivity contribution in [2.24, 2.45) is 0 Å². The maximum Gasteiger partial charge on any atom is 0.255 e. The summed E-state index contributed by atoms with van der Waals surface area (Å²) < 4.78 is 25.1. The summed E-state index contributed by atoms with van der Waals surface area (Å²) in [5, 5.41) is 5.79. The molecule has 0 saturated carbocycles. The molecule has 2 N–H and O–H groups in total. The lowest BCUT2D eigenvalue weighted by atomic mass is 10.1. The molecule has 8 heteroatoms. The van der Waals surface area contributed by atoms with E-state index in [0.717, 1.165) is 24.4 Å². The van der Waals surface area contributed by atoms with Gasteiger partial charge in [-0.2, -0.15) is 0 Å². The van der Waals surface area contributed by atoms with Gasteiger partial charge in [0.25, 0.3) is 5.91 Å². The number of hydrogen-bond donors (Lipinski definition) is 2. The molecule has 1 fully saturated rings. The first-order valence-electron chi connectivity index (χ1n) is 10.3. The smallest absolute Gasteiger partial charge is 0.255 e. The fraction of sp³-hybridized carbons (Fsp3) is 0.455. The first kappa shape index (κ1) is 20.4. The van der Waals surface area contributed by atoms with E-state index < -0.39 is 5.82 Å². The summed E-state index contributed by atoms with van der Waals surface area (Å²) in [6.07, 6.45) is 2.09. The van der Waals surface area contributed by atoms with Gasteiger partial charge in [-0.05, 0) is 50.1 Å². The third-order valence-electron chi connectivity index (χ3n) is 5.69. The van der Waals surface area contributed by atoms with Crippen LogP contribution < -0.4 is 15.4 Å². The summed E-state index contributed by atoms with van der Waals surface area (Å²) in [4.78, 5) is 27.4. The molecule has 2 bridgehead atoms. The summed E-state index contributed by atoms with van der Waals surface area (Å²) in [7, 11) is 0. The van der Waals surface area contributed by atoms with Crippen LogP contribution in [0.5, 0.6) is 5.75 Å². The monoisotopic (exact) mass is 415 g/mol. The van der Waals surface area contributed by atoms with E-state index in [-0.39, 0.29) is 36.1 Å². The van der Waals surface area contributed by atoms with Crippen molar-refractivity contribution in [2.45, 2.75) is 44.8 Å². The number of hydrogen-bond acceptors (Lipinski definition) is 5. The molecule has 1 aromatic carbocycles. The molecule has 0 aliphatic carbocycles. The second-order valence-electron chi connectivity index (χ2n) is 7.82. The number of aryl methyl sites for hydroxylation is 1. The molecule has 2 aromatic rings. The van der Waals surface area contributed by atoms with Gasteiger partial charge >= 0.3 is 0 Å². The molecule has 2 atom stereocenters. The maximum absolute atomic E-state index is 13.7. The predicted molar refractivity (Wildman–Crippen MR) is 108 cm³/mol. The highest BCUT2D eigenvalue weighted by Gasteiger charge is 2.35. The van der Waals surface area contributed by atoms with Gasteiger partial charge in [-0.3, -0.25) is 14.5 Å². The molecule has 2 aliphatic rings. The van der Waals surface area contributed by atoms with Crippen LogP contribution in [0.15, 0.2) is 34.7 Å². The molecule has 0 radical (unpaired) electrons. The quantitative estimate of drug-likeness (QED) is 0.787. The second-order valence-corrected chi connectivity index (χ2v) is 7.82. The van der Waals surface area contributed by atoms with E-state index in [4.69, 9.17) is 9.15 Å². The standard InChI is InChI=1S/C22H26FN3O4/c1-14-2-6-18(30-14)13-26-16-4-5-17(26)12-25-22(28)19-10-15(23)3-7-20(19)29-9-8-24-21(27)11-16/h2-3,6-7,10,16-17H,4-5,8-9,11-13H2,1H3,(H,24,27)(H,25,28)/t16-,17+/m0/s1. The lowest BCUT2D eigenvalue weighted by molar-refractivity contribution is -0.122. The van der Waals surface area contributed by atoms with Crippen molar-refractivity contribution in [3.63, 3.8) is 0 Å². The fourth-order valence-corrected chi connectivity index (χ4v) is 4.21. The average molecular weight is 415 g/mol. The second kappa shape index (κ2) is 8.87. The van der Waals surface area contributed by atoms with Gasteiger partial charge in [0, 0.05) is 25.0 Å². The topological polar surface area (TPSA) is 83.8 Å². The fourth-order valence-electron chi connectivity index (χ4n) is 4.21. The van der Waals surface area contributed by atoms with Crippen molar-refractivity contribution >= 4 is 11.8 Å². The summed E-state index contributed by atoms with van der Waals surface area (Å²) in [6.45, 7) is 3.37. The van der Waals surface area contributed by atoms with Crippen molar-refractivity contribution in [3.05, 3.63) is 53.2 Å². The molecule has 0 spiro atoms. The van der Waals surface area contributed by atoms with E-state index in [1.54, 1.807) is 0 Å². The lowest BCUT2D eigenvalue weighted by Gasteiger charge is -2.29. The Morgan fingerprint density at radius 2 is 1.97 bits per heavy atom. The number of ether oxygens (including phenoxy) is 1. The lowest BCUT2D eigenvalue weighted by Crippen LogP contribution is -2.44. The Morgan fingerprint density at radius 3 is 2.77 bits per heavy atom. The number of nitrogens with zero attached hydrogens (tertiary/aromatic N) is 1. The number of amides is 2. The van der Waals surface area contributed by atoms with E-state index in [9.17, 15) is 14.0 Å². The highest BCUT2D eigenvalue weighted by molar-refractivity contribution is 5.97. The third kappa shape index (κ3) is 4.64. The number of halogens is 1. The number of carbonyl (C=O) groups excluding carboxylic acids is 2. The van der Waals surface area contributed by atoms with Crippen molar-refractivity contribution in [1.82, 2.24) is 15.5 Å². The van der Waals surface area contributed by atoms with Crippen molar-refractivity contribution < 1.29 is 23.1 Å². The van der Waals surface area contributed by atoms with Gasteiger partial charge in [-0.25, -0.2) is 4.39 Å². The first-order valence-corrected chi connectivity index (χ1v) is 10.3. The minimum atomic E-state index is -0.502. The largest absolute Gasteiger partial charge is 0.491 e. The van der Waals surface area contributed by atoms with Crippen LogP contribution in [0.1, 0.15) is 41.1 Å².